The molecule has 98 valence electrons. The Morgan fingerprint density at radius 1 is 1.06 bits per heavy atom. The Morgan fingerprint density at radius 2 is 1.62 bits per heavy atom. The fraction of sp³-hybridized carbons (Fsp3) is 1.00. The van der Waals surface area contributed by atoms with Gasteiger partial charge in [-0.05, 0) is 24.1 Å². The first-order valence-electron chi connectivity index (χ1n) is 6.11. The summed E-state index contributed by atoms with van der Waals surface area (Å²) in [6.07, 6.45) is 4.41. The number of aliphatic hydroxyl groups excluding tert-OH is 3. The third-order valence-corrected chi connectivity index (χ3v) is 7.10. The van der Waals surface area contributed by atoms with Crippen molar-refractivity contribution in [1.82, 2.24) is 0 Å². The molecule has 0 heterocycles. The summed E-state index contributed by atoms with van der Waals surface area (Å²) in [6, 6.07) is 0.833. The van der Waals surface area contributed by atoms with E-state index >= 15 is 0 Å². The molecule has 0 aromatic heterocycles. The second kappa shape index (κ2) is 9.47. The highest BCUT2D eigenvalue weighted by molar-refractivity contribution is 7.80. The van der Waals surface area contributed by atoms with Gasteiger partial charge in [-0.15, -0.1) is 0 Å². The second-order valence-electron chi connectivity index (χ2n) is 4.67. The van der Waals surface area contributed by atoms with E-state index in [4.69, 9.17) is 0 Å². The summed E-state index contributed by atoms with van der Waals surface area (Å²) >= 11 is 4.18. The van der Waals surface area contributed by atoms with Gasteiger partial charge in [-0.2, -0.15) is 12.6 Å². The molecule has 0 radical (unpaired) electrons. The number of hydrogen-bond acceptors (Lipinski definition) is 4. The number of hydrogen-bond donors (Lipinski definition) is 4. The van der Waals surface area contributed by atoms with Crippen LogP contribution in [-0.2, 0) is 0 Å². The number of rotatable bonds is 10. The summed E-state index contributed by atoms with van der Waals surface area (Å²) in [6.45, 7) is 2.14. The number of unbranched alkanes of at least 4 members (excludes halogenated alkanes) is 1. The minimum atomic E-state index is -2.21. The van der Waals surface area contributed by atoms with E-state index in [1.165, 1.54) is 0 Å². The summed E-state index contributed by atoms with van der Waals surface area (Å²) in [5.74, 6) is 1.44. The molecule has 3 N–H and O–H groups in total. The molecule has 0 aliphatic heterocycles. The van der Waals surface area contributed by atoms with Crippen molar-refractivity contribution >= 4 is 20.7 Å². The first-order valence-corrected chi connectivity index (χ1v) is 9.57. The third-order valence-electron chi connectivity index (χ3n) is 3.33. The third kappa shape index (κ3) is 5.68. The van der Waals surface area contributed by atoms with Crippen LogP contribution in [-0.4, -0.2) is 47.8 Å². The van der Waals surface area contributed by atoms with Crippen molar-refractivity contribution in [2.75, 3.05) is 24.4 Å². The lowest BCUT2D eigenvalue weighted by molar-refractivity contribution is 0.281. The molecule has 0 bridgehead atoms. The molecule has 5 heteroatoms. The van der Waals surface area contributed by atoms with Gasteiger partial charge in [-0.25, -0.2) is 0 Å². The van der Waals surface area contributed by atoms with E-state index in [9.17, 15) is 15.3 Å². The van der Waals surface area contributed by atoms with Crippen LogP contribution in [0.2, 0.25) is 6.04 Å². The van der Waals surface area contributed by atoms with Crippen LogP contribution in [0.3, 0.4) is 0 Å². The molecule has 0 saturated carbocycles. The molecule has 0 amide bonds. The summed E-state index contributed by atoms with van der Waals surface area (Å²) in [5, 5.41) is 28.0. The molecule has 0 aromatic rings. The van der Waals surface area contributed by atoms with Gasteiger partial charge in [0, 0.05) is 18.7 Å². The van der Waals surface area contributed by atoms with Crippen LogP contribution < -0.4 is 0 Å². The van der Waals surface area contributed by atoms with Gasteiger partial charge in [0.25, 0.3) is 0 Å². The molecule has 0 rings (SSSR count). The quantitative estimate of drug-likeness (QED) is 0.273. The molecule has 0 aliphatic rings. The zero-order chi connectivity index (χ0) is 12.4. The van der Waals surface area contributed by atoms with Crippen LogP contribution in [0, 0.1) is 5.92 Å². The van der Waals surface area contributed by atoms with E-state index in [1.807, 2.05) is 0 Å². The molecule has 0 spiro atoms. The van der Waals surface area contributed by atoms with Gasteiger partial charge in [0.1, 0.15) is 8.07 Å². The molecular weight excluding hydrogens is 240 g/mol. The first-order chi connectivity index (χ1) is 7.67. The van der Waals surface area contributed by atoms with E-state index in [2.05, 4.69) is 19.6 Å². The minimum Gasteiger partial charge on any atom is -0.399 e. The van der Waals surface area contributed by atoms with E-state index in [1.54, 1.807) is 0 Å². The Balaban J connectivity index is 4.15. The zero-order valence-corrected chi connectivity index (χ0v) is 12.1. The Hall–Kier alpha value is 0.447. The summed E-state index contributed by atoms with van der Waals surface area (Å²) in [7, 11) is -2.21. The Bertz CT molecular complexity index is 157. The van der Waals surface area contributed by atoms with E-state index in [-0.39, 0.29) is 18.7 Å². The van der Waals surface area contributed by atoms with Crippen LogP contribution in [0.25, 0.3) is 0 Å². The van der Waals surface area contributed by atoms with Crippen molar-refractivity contribution in [3.8, 4) is 0 Å². The smallest absolute Gasteiger partial charge is 0.140 e. The van der Waals surface area contributed by atoms with Crippen molar-refractivity contribution in [2.45, 2.75) is 38.7 Å². The van der Waals surface area contributed by atoms with E-state index in [0.717, 1.165) is 37.5 Å². The molecule has 16 heavy (non-hydrogen) atoms. The summed E-state index contributed by atoms with van der Waals surface area (Å²) in [5.41, 5.74) is 0. The number of thiol groups is 1. The SMILES string of the molecule is CCC(CCCCS)C[Si](CO)(CO)CO. The molecule has 1 atom stereocenters. The fourth-order valence-electron chi connectivity index (χ4n) is 1.95. The Labute approximate surface area is 105 Å². The van der Waals surface area contributed by atoms with Crippen LogP contribution in [0.1, 0.15) is 32.6 Å². The summed E-state index contributed by atoms with van der Waals surface area (Å²) < 4.78 is 0. The van der Waals surface area contributed by atoms with Crippen molar-refractivity contribution in [2.24, 2.45) is 5.92 Å². The Kier molecular flexibility index (Phi) is 9.74. The lowest BCUT2D eigenvalue weighted by Crippen LogP contribution is -2.49. The molecule has 0 aliphatic carbocycles. The first kappa shape index (κ1) is 16.4. The van der Waals surface area contributed by atoms with Gasteiger partial charge in [0.15, 0.2) is 0 Å². The van der Waals surface area contributed by atoms with Gasteiger partial charge in [0.05, 0.1) is 0 Å². The molecule has 0 aromatic carbocycles. The van der Waals surface area contributed by atoms with Crippen molar-refractivity contribution in [3.05, 3.63) is 0 Å². The normalized spacial score (nSPS) is 14.1. The van der Waals surface area contributed by atoms with Gasteiger partial charge < -0.3 is 15.3 Å². The predicted octanol–water partition coefficient (Wildman–Crippen LogP) is 1.16. The second-order valence-corrected chi connectivity index (χ2v) is 9.48. The van der Waals surface area contributed by atoms with Crippen molar-refractivity contribution < 1.29 is 15.3 Å². The zero-order valence-electron chi connectivity index (χ0n) is 10.2. The highest BCUT2D eigenvalue weighted by Gasteiger charge is 2.33. The lowest BCUT2D eigenvalue weighted by atomic mass is 10.0. The highest BCUT2D eigenvalue weighted by Crippen LogP contribution is 2.24. The average Bonchev–Trinajstić information content (AvgIpc) is 2.34. The molecule has 0 saturated heterocycles. The van der Waals surface area contributed by atoms with Gasteiger partial charge in [-0.3, -0.25) is 0 Å². The fourth-order valence-corrected chi connectivity index (χ4v) is 4.58. The van der Waals surface area contributed by atoms with Gasteiger partial charge in [-0.1, -0.05) is 26.2 Å². The largest absolute Gasteiger partial charge is 0.399 e. The minimum absolute atomic E-state index is 0.0108. The van der Waals surface area contributed by atoms with Gasteiger partial charge in [0.2, 0.25) is 0 Å². The standard InChI is InChI=1S/C11H26O3SSi/c1-2-11(5-3-4-6-15)7-16(8-12,9-13)10-14/h11-15H,2-10H2,1H3. The molecule has 0 fully saturated rings. The highest BCUT2D eigenvalue weighted by atomic mass is 32.1. The molecular formula is C11H26O3SSi. The van der Waals surface area contributed by atoms with Crippen LogP contribution >= 0.6 is 12.6 Å². The van der Waals surface area contributed by atoms with E-state index in [0.29, 0.717) is 5.92 Å². The monoisotopic (exact) mass is 266 g/mol. The summed E-state index contributed by atoms with van der Waals surface area (Å²) in [4.78, 5) is 0. The predicted molar refractivity (Wildman–Crippen MR) is 73.3 cm³/mol. The van der Waals surface area contributed by atoms with Crippen molar-refractivity contribution in [1.29, 1.82) is 0 Å². The Morgan fingerprint density at radius 3 is 2.00 bits per heavy atom. The van der Waals surface area contributed by atoms with Crippen molar-refractivity contribution in [3.63, 3.8) is 0 Å². The molecule has 1 unspecified atom stereocenters. The topological polar surface area (TPSA) is 60.7 Å². The van der Waals surface area contributed by atoms with Crippen LogP contribution in [0.4, 0.5) is 0 Å². The maximum absolute atomic E-state index is 9.32. The van der Waals surface area contributed by atoms with Crippen LogP contribution in [0.5, 0.6) is 0 Å². The number of aliphatic hydroxyl groups is 3. The maximum atomic E-state index is 9.32. The average molecular weight is 266 g/mol. The van der Waals surface area contributed by atoms with Crippen LogP contribution in [0.15, 0.2) is 0 Å². The maximum Gasteiger partial charge on any atom is 0.140 e. The van der Waals surface area contributed by atoms with Gasteiger partial charge >= 0.3 is 0 Å². The van der Waals surface area contributed by atoms with E-state index < -0.39 is 8.07 Å². The lowest BCUT2D eigenvalue weighted by Gasteiger charge is -2.29. The molecule has 3 nitrogen and oxygen atoms in total.